The maximum atomic E-state index is 5.79. The van der Waals surface area contributed by atoms with Crippen molar-refractivity contribution in [3.63, 3.8) is 0 Å². The zero-order valence-corrected chi connectivity index (χ0v) is 14.0. The highest BCUT2D eigenvalue weighted by molar-refractivity contribution is 7.09. The van der Waals surface area contributed by atoms with E-state index in [4.69, 9.17) is 4.42 Å². The van der Waals surface area contributed by atoms with Gasteiger partial charge in [-0.2, -0.15) is 0 Å². The van der Waals surface area contributed by atoms with Gasteiger partial charge in [0.15, 0.2) is 0 Å². The van der Waals surface area contributed by atoms with Crippen LogP contribution in [-0.4, -0.2) is 29.8 Å². The number of rotatable bonds is 8. The number of nitrogens with zero attached hydrogens (tertiary/aromatic N) is 3. The molecule has 2 heterocycles. The SMILES string of the molecule is CCCNC(C)c1nnc(N(C)C(C)Cc2cccs2)o1. The van der Waals surface area contributed by atoms with Crippen molar-refractivity contribution in [3.8, 4) is 0 Å². The van der Waals surface area contributed by atoms with Gasteiger partial charge in [-0.25, -0.2) is 0 Å². The highest BCUT2D eigenvalue weighted by Gasteiger charge is 2.19. The Labute approximate surface area is 130 Å². The first-order valence-corrected chi connectivity index (χ1v) is 8.31. The van der Waals surface area contributed by atoms with Crippen LogP contribution in [0.5, 0.6) is 0 Å². The molecule has 0 saturated heterocycles. The summed E-state index contributed by atoms with van der Waals surface area (Å²) in [7, 11) is 2.00. The predicted octanol–water partition coefficient (Wildman–Crippen LogP) is 3.26. The average Bonchev–Trinajstić information content (AvgIpc) is 3.14. The first-order valence-electron chi connectivity index (χ1n) is 7.43. The molecular formula is C15H24N4OS. The molecule has 2 atom stereocenters. The molecule has 2 unspecified atom stereocenters. The molecule has 5 nitrogen and oxygen atoms in total. The molecule has 0 aliphatic heterocycles. The molecule has 6 heteroatoms. The van der Waals surface area contributed by atoms with Crippen molar-refractivity contribution in [2.75, 3.05) is 18.5 Å². The van der Waals surface area contributed by atoms with E-state index in [2.05, 4.69) is 46.9 Å². The molecular weight excluding hydrogens is 284 g/mol. The first-order chi connectivity index (χ1) is 10.1. The molecule has 116 valence electrons. The maximum Gasteiger partial charge on any atom is 0.318 e. The number of aromatic nitrogens is 2. The van der Waals surface area contributed by atoms with E-state index in [0.29, 0.717) is 17.9 Å². The fourth-order valence-corrected chi connectivity index (χ4v) is 2.86. The van der Waals surface area contributed by atoms with Gasteiger partial charge < -0.3 is 14.6 Å². The summed E-state index contributed by atoms with van der Waals surface area (Å²) >= 11 is 1.78. The standard InChI is InChI=1S/C15H24N4OS/c1-5-8-16-12(3)14-17-18-15(20-14)19(4)11(2)10-13-7-6-9-21-13/h6-7,9,11-12,16H,5,8,10H2,1-4H3. The van der Waals surface area contributed by atoms with Crippen LogP contribution in [0.3, 0.4) is 0 Å². The van der Waals surface area contributed by atoms with Gasteiger partial charge in [0.05, 0.1) is 6.04 Å². The van der Waals surface area contributed by atoms with E-state index in [-0.39, 0.29) is 6.04 Å². The smallest absolute Gasteiger partial charge is 0.318 e. The lowest BCUT2D eigenvalue weighted by Crippen LogP contribution is -2.30. The molecule has 21 heavy (non-hydrogen) atoms. The van der Waals surface area contributed by atoms with E-state index in [1.165, 1.54) is 4.88 Å². The van der Waals surface area contributed by atoms with Gasteiger partial charge in [0.1, 0.15) is 0 Å². The Kier molecular flexibility index (Phi) is 5.76. The second kappa shape index (κ2) is 7.56. The molecule has 0 amide bonds. The number of hydrogen-bond donors (Lipinski definition) is 1. The monoisotopic (exact) mass is 308 g/mol. The minimum absolute atomic E-state index is 0.0900. The predicted molar refractivity (Wildman–Crippen MR) is 86.9 cm³/mol. The maximum absolute atomic E-state index is 5.79. The minimum Gasteiger partial charge on any atom is -0.406 e. The fourth-order valence-electron chi connectivity index (χ4n) is 2.04. The van der Waals surface area contributed by atoms with Crippen LogP contribution in [0, 0.1) is 0 Å². The number of likely N-dealkylation sites (N-methyl/N-ethyl adjacent to an activating group) is 1. The Hall–Kier alpha value is -1.40. The van der Waals surface area contributed by atoms with E-state index in [9.17, 15) is 0 Å². The lowest BCUT2D eigenvalue weighted by molar-refractivity contribution is 0.411. The van der Waals surface area contributed by atoms with Crippen molar-refractivity contribution in [2.45, 2.75) is 45.7 Å². The molecule has 0 aliphatic carbocycles. The van der Waals surface area contributed by atoms with E-state index in [1.54, 1.807) is 11.3 Å². The summed E-state index contributed by atoms with van der Waals surface area (Å²) in [5.74, 6) is 0.647. The topological polar surface area (TPSA) is 54.2 Å². The van der Waals surface area contributed by atoms with Crippen LogP contribution in [-0.2, 0) is 6.42 Å². The molecule has 2 rings (SSSR count). The summed E-state index contributed by atoms with van der Waals surface area (Å²) in [6.45, 7) is 7.30. The Morgan fingerprint density at radius 3 is 2.86 bits per heavy atom. The molecule has 2 aromatic rings. The van der Waals surface area contributed by atoms with Crippen molar-refractivity contribution in [1.29, 1.82) is 0 Å². The Bertz CT molecular complexity index is 526. The van der Waals surface area contributed by atoms with Crippen LogP contribution in [0.2, 0.25) is 0 Å². The van der Waals surface area contributed by atoms with Gasteiger partial charge in [0.25, 0.3) is 0 Å². The molecule has 0 aliphatic rings. The van der Waals surface area contributed by atoms with Crippen LogP contribution >= 0.6 is 11.3 Å². The molecule has 2 aromatic heterocycles. The third kappa shape index (κ3) is 4.28. The zero-order valence-electron chi connectivity index (χ0n) is 13.2. The summed E-state index contributed by atoms with van der Waals surface area (Å²) in [6, 6.07) is 5.23. The van der Waals surface area contributed by atoms with E-state index < -0.39 is 0 Å². The quantitative estimate of drug-likeness (QED) is 0.811. The Morgan fingerprint density at radius 2 is 2.19 bits per heavy atom. The molecule has 1 N–H and O–H groups in total. The van der Waals surface area contributed by atoms with Crippen LogP contribution in [0.25, 0.3) is 0 Å². The third-order valence-corrected chi connectivity index (χ3v) is 4.44. The second-order valence-corrected chi connectivity index (χ2v) is 6.37. The fraction of sp³-hybridized carbons (Fsp3) is 0.600. The van der Waals surface area contributed by atoms with Crippen molar-refractivity contribution < 1.29 is 4.42 Å². The van der Waals surface area contributed by atoms with Crippen LogP contribution in [0.1, 0.15) is 44.0 Å². The molecule has 0 fully saturated rings. The van der Waals surface area contributed by atoms with Gasteiger partial charge in [-0.1, -0.05) is 18.1 Å². The van der Waals surface area contributed by atoms with E-state index in [0.717, 1.165) is 19.4 Å². The van der Waals surface area contributed by atoms with Crippen molar-refractivity contribution in [1.82, 2.24) is 15.5 Å². The van der Waals surface area contributed by atoms with Gasteiger partial charge in [0, 0.05) is 24.4 Å². The van der Waals surface area contributed by atoms with Gasteiger partial charge >= 0.3 is 6.01 Å². The zero-order chi connectivity index (χ0) is 15.2. The normalized spacial score (nSPS) is 14.1. The van der Waals surface area contributed by atoms with Crippen LogP contribution in [0.15, 0.2) is 21.9 Å². The summed E-state index contributed by atoms with van der Waals surface area (Å²) in [4.78, 5) is 3.41. The van der Waals surface area contributed by atoms with Crippen LogP contribution in [0.4, 0.5) is 6.01 Å². The summed E-state index contributed by atoms with van der Waals surface area (Å²) in [6.07, 6.45) is 2.07. The van der Waals surface area contributed by atoms with Gasteiger partial charge in [-0.3, -0.25) is 0 Å². The highest BCUT2D eigenvalue weighted by atomic mass is 32.1. The molecule has 0 bridgehead atoms. The highest BCUT2D eigenvalue weighted by Crippen LogP contribution is 2.20. The molecule has 0 aromatic carbocycles. The average molecular weight is 308 g/mol. The number of thiophene rings is 1. The number of nitrogens with one attached hydrogen (secondary N) is 1. The summed E-state index contributed by atoms with van der Waals surface area (Å²) in [5.41, 5.74) is 0. The summed E-state index contributed by atoms with van der Waals surface area (Å²) < 4.78 is 5.79. The lowest BCUT2D eigenvalue weighted by Gasteiger charge is -2.22. The minimum atomic E-state index is 0.0900. The van der Waals surface area contributed by atoms with Crippen molar-refractivity contribution in [3.05, 3.63) is 28.3 Å². The second-order valence-electron chi connectivity index (χ2n) is 5.34. The van der Waals surface area contributed by atoms with E-state index in [1.807, 2.05) is 18.9 Å². The lowest BCUT2D eigenvalue weighted by atomic mass is 10.2. The molecule has 0 radical (unpaired) electrons. The van der Waals surface area contributed by atoms with Gasteiger partial charge in [-0.15, -0.1) is 16.4 Å². The van der Waals surface area contributed by atoms with Crippen LogP contribution < -0.4 is 10.2 Å². The van der Waals surface area contributed by atoms with Gasteiger partial charge in [-0.05, 0) is 38.3 Å². The Morgan fingerprint density at radius 1 is 1.38 bits per heavy atom. The van der Waals surface area contributed by atoms with Crippen molar-refractivity contribution >= 4 is 17.4 Å². The first kappa shape index (κ1) is 16.0. The van der Waals surface area contributed by atoms with E-state index >= 15 is 0 Å². The van der Waals surface area contributed by atoms with Crippen molar-refractivity contribution in [2.24, 2.45) is 0 Å². The molecule has 0 saturated carbocycles. The Balaban J connectivity index is 1.96. The number of anilines is 1. The largest absolute Gasteiger partial charge is 0.406 e. The third-order valence-electron chi connectivity index (χ3n) is 3.54. The van der Waals surface area contributed by atoms with Gasteiger partial charge in [0.2, 0.25) is 5.89 Å². The molecule has 0 spiro atoms. The number of hydrogen-bond acceptors (Lipinski definition) is 6. The summed E-state index contributed by atoms with van der Waals surface area (Å²) in [5, 5.41) is 13.8.